The van der Waals surface area contributed by atoms with Gasteiger partial charge in [0.15, 0.2) is 11.5 Å². The Morgan fingerprint density at radius 1 is 1.43 bits per heavy atom. The van der Waals surface area contributed by atoms with Crippen molar-refractivity contribution >= 4 is 17.6 Å². The van der Waals surface area contributed by atoms with Crippen molar-refractivity contribution in [3.8, 4) is 11.5 Å². The van der Waals surface area contributed by atoms with Gasteiger partial charge in [-0.05, 0) is 24.6 Å². The van der Waals surface area contributed by atoms with Gasteiger partial charge in [0, 0.05) is 18.4 Å². The van der Waals surface area contributed by atoms with Gasteiger partial charge in [-0.1, -0.05) is 11.6 Å². The Balaban J connectivity index is 1.78. The number of carboxylic acid groups (broad SMARTS) is 1. The number of ether oxygens (including phenoxy) is 2. The Morgan fingerprint density at radius 3 is 2.96 bits per heavy atom. The minimum Gasteiger partial charge on any atom is -0.480 e. The molecule has 3 rings (SSSR count). The molecule has 2 aromatic rings. The lowest BCUT2D eigenvalue weighted by Gasteiger charge is -2.19. The molecule has 1 aromatic heterocycles. The molecular formula is C15H16ClN3O4. The van der Waals surface area contributed by atoms with E-state index in [9.17, 15) is 4.79 Å². The van der Waals surface area contributed by atoms with Crippen LogP contribution in [0, 0.1) is 6.92 Å². The van der Waals surface area contributed by atoms with Crippen LogP contribution in [0.4, 0.5) is 0 Å². The van der Waals surface area contributed by atoms with Crippen LogP contribution < -0.4 is 9.47 Å². The predicted molar refractivity (Wildman–Crippen MR) is 82.6 cm³/mol. The third-order valence-corrected chi connectivity index (χ3v) is 3.66. The van der Waals surface area contributed by atoms with Crippen molar-refractivity contribution < 1.29 is 19.4 Å². The highest BCUT2D eigenvalue weighted by Crippen LogP contribution is 2.40. The fourth-order valence-corrected chi connectivity index (χ4v) is 2.78. The third kappa shape index (κ3) is 3.75. The van der Waals surface area contributed by atoms with E-state index in [1.165, 1.54) is 0 Å². The zero-order valence-electron chi connectivity index (χ0n) is 12.5. The summed E-state index contributed by atoms with van der Waals surface area (Å²) in [5, 5.41) is 9.57. The van der Waals surface area contributed by atoms with Gasteiger partial charge < -0.3 is 19.6 Å². The highest BCUT2D eigenvalue weighted by Gasteiger charge is 2.20. The predicted octanol–water partition coefficient (Wildman–Crippen LogP) is 2.19. The second-order valence-corrected chi connectivity index (χ2v) is 5.77. The zero-order valence-corrected chi connectivity index (χ0v) is 13.3. The molecule has 2 heterocycles. The smallest absolute Gasteiger partial charge is 0.317 e. The van der Waals surface area contributed by atoms with E-state index in [1.807, 2.05) is 13.0 Å². The molecular weight excluding hydrogens is 322 g/mol. The van der Waals surface area contributed by atoms with Gasteiger partial charge in [0.25, 0.3) is 0 Å². The summed E-state index contributed by atoms with van der Waals surface area (Å²) >= 11 is 6.17. The summed E-state index contributed by atoms with van der Waals surface area (Å²) in [6, 6.07) is 3.58. The number of aromatic nitrogens is 2. The highest BCUT2D eigenvalue weighted by molar-refractivity contribution is 6.32. The molecule has 7 nitrogen and oxygen atoms in total. The summed E-state index contributed by atoms with van der Waals surface area (Å²) in [5.41, 5.74) is 1.78. The third-order valence-electron chi connectivity index (χ3n) is 3.38. The Hall–Kier alpha value is -2.25. The summed E-state index contributed by atoms with van der Waals surface area (Å²) in [6.45, 7) is 2.74. The molecule has 1 aliphatic heterocycles. The summed E-state index contributed by atoms with van der Waals surface area (Å²) in [5.74, 6) is 0.925. The largest absolute Gasteiger partial charge is 0.480 e. The molecule has 0 amide bonds. The highest BCUT2D eigenvalue weighted by atomic mass is 35.5. The van der Waals surface area contributed by atoms with Crippen LogP contribution in [0.15, 0.2) is 18.3 Å². The number of nitrogens with zero attached hydrogens (tertiary/aromatic N) is 2. The van der Waals surface area contributed by atoms with Gasteiger partial charge in [0.2, 0.25) is 6.79 Å². The lowest BCUT2D eigenvalue weighted by Crippen LogP contribution is -2.29. The molecule has 0 radical (unpaired) electrons. The fourth-order valence-electron chi connectivity index (χ4n) is 2.49. The number of carbonyl (C=O) groups is 1. The van der Waals surface area contributed by atoms with Gasteiger partial charge in [-0.25, -0.2) is 4.98 Å². The maximum absolute atomic E-state index is 11.1. The molecule has 0 bridgehead atoms. The number of aliphatic carboxylic acids is 1. The van der Waals surface area contributed by atoms with E-state index in [0.717, 1.165) is 17.1 Å². The number of halogens is 1. The van der Waals surface area contributed by atoms with Crippen LogP contribution in [0.5, 0.6) is 11.5 Å². The molecule has 0 unspecified atom stereocenters. The molecule has 1 aliphatic rings. The number of nitrogens with one attached hydrogen (secondary N) is 1. The second-order valence-electron chi connectivity index (χ2n) is 5.36. The van der Waals surface area contributed by atoms with Crippen molar-refractivity contribution in [1.82, 2.24) is 14.9 Å². The van der Waals surface area contributed by atoms with E-state index in [4.69, 9.17) is 26.2 Å². The first-order valence-corrected chi connectivity index (χ1v) is 7.41. The summed E-state index contributed by atoms with van der Waals surface area (Å²) in [7, 11) is 0. The maximum atomic E-state index is 11.1. The summed E-state index contributed by atoms with van der Waals surface area (Å²) in [4.78, 5) is 20.2. The number of hydrogen-bond donors (Lipinski definition) is 2. The quantitative estimate of drug-likeness (QED) is 0.840. The van der Waals surface area contributed by atoms with E-state index < -0.39 is 5.97 Å². The minimum absolute atomic E-state index is 0.105. The van der Waals surface area contributed by atoms with Crippen molar-refractivity contribution in [3.63, 3.8) is 0 Å². The number of fused-ring (bicyclic) bond motifs is 1. The van der Waals surface area contributed by atoms with Gasteiger partial charge in [-0.2, -0.15) is 0 Å². The van der Waals surface area contributed by atoms with Gasteiger partial charge in [-0.3, -0.25) is 9.69 Å². The first kappa shape index (κ1) is 15.6. The molecule has 0 fully saturated rings. The monoisotopic (exact) mass is 337 g/mol. The topological polar surface area (TPSA) is 87.7 Å². The second kappa shape index (κ2) is 6.47. The molecule has 122 valence electrons. The molecule has 2 N–H and O–H groups in total. The standard InChI is InChI=1S/C15H16ClN3O4/c1-9-4-17-13(18-9)6-19(7-14(20)21)5-10-2-11(16)15-12(3-10)22-8-23-15/h2-4H,5-8H2,1H3,(H,17,18)(H,20,21). The Kier molecular flexibility index (Phi) is 4.40. The van der Waals surface area contributed by atoms with Crippen molar-refractivity contribution in [2.45, 2.75) is 20.0 Å². The number of H-pyrrole nitrogens is 1. The van der Waals surface area contributed by atoms with E-state index in [-0.39, 0.29) is 13.3 Å². The number of aromatic amines is 1. The first-order valence-electron chi connectivity index (χ1n) is 7.04. The van der Waals surface area contributed by atoms with Crippen molar-refractivity contribution in [2.75, 3.05) is 13.3 Å². The Bertz CT molecular complexity index is 732. The molecule has 0 atom stereocenters. The van der Waals surface area contributed by atoms with Crippen molar-refractivity contribution in [2.24, 2.45) is 0 Å². The number of imidazole rings is 1. The molecule has 0 saturated heterocycles. The number of carboxylic acids is 1. The number of benzene rings is 1. The summed E-state index contributed by atoms with van der Waals surface area (Å²) < 4.78 is 10.6. The van der Waals surface area contributed by atoms with Crippen LogP contribution >= 0.6 is 11.6 Å². The average Bonchev–Trinajstić information content (AvgIpc) is 3.07. The van der Waals surface area contributed by atoms with Crippen molar-refractivity contribution in [3.05, 3.63) is 40.4 Å². The fraction of sp³-hybridized carbons (Fsp3) is 0.333. The SMILES string of the molecule is Cc1cnc(CN(CC(=O)O)Cc2cc(Cl)c3c(c2)OCO3)[nH]1. The zero-order chi connectivity index (χ0) is 16.4. The van der Waals surface area contributed by atoms with Crippen LogP contribution in [0.1, 0.15) is 17.1 Å². The molecule has 0 spiro atoms. The molecule has 23 heavy (non-hydrogen) atoms. The van der Waals surface area contributed by atoms with E-state index >= 15 is 0 Å². The molecule has 0 saturated carbocycles. The van der Waals surface area contributed by atoms with Crippen LogP contribution in [0.2, 0.25) is 5.02 Å². The number of aryl methyl sites for hydroxylation is 1. The molecule has 8 heteroatoms. The lowest BCUT2D eigenvalue weighted by molar-refractivity contribution is -0.138. The number of hydrogen-bond acceptors (Lipinski definition) is 5. The normalized spacial score (nSPS) is 12.8. The van der Waals surface area contributed by atoms with Crippen LogP contribution in [-0.2, 0) is 17.9 Å². The average molecular weight is 338 g/mol. The first-order chi connectivity index (χ1) is 11.0. The number of rotatable bonds is 6. The van der Waals surface area contributed by atoms with Gasteiger partial charge in [0.05, 0.1) is 18.1 Å². The van der Waals surface area contributed by atoms with Gasteiger partial charge >= 0.3 is 5.97 Å². The van der Waals surface area contributed by atoms with Crippen LogP contribution in [0.3, 0.4) is 0 Å². The lowest BCUT2D eigenvalue weighted by atomic mass is 10.2. The van der Waals surface area contributed by atoms with Crippen LogP contribution in [0.25, 0.3) is 0 Å². The van der Waals surface area contributed by atoms with Crippen LogP contribution in [-0.4, -0.2) is 39.3 Å². The Labute approximate surface area is 137 Å². The molecule has 1 aromatic carbocycles. The molecule has 0 aliphatic carbocycles. The maximum Gasteiger partial charge on any atom is 0.317 e. The van der Waals surface area contributed by atoms with Gasteiger partial charge in [0.1, 0.15) is 5.82 Å². The Morgan fingerprint density at radius 2 is 2.26 bits per heavy atom. The van der Waals surface area contributed by atoms with Gasteiger partial charge in [-0.15, -0.1) is 0 Å². The van der Waals surface area contributed by atoms with E-state index in [1.54, 1.807) is 17.2 Å². The van der Waals surface area contributed by atoms with Crippen molar-refractivity contribution in [1.29, 1.82) is 0 Å². The summed E-state index contributed by atoms with van der Waals surface area (Å²) in [6.07, 6.45) is 1.71. The van der Waals surface area contributed by atoms with E-state index in [0.29, 0.717) is 29.6 Å². The minimum atomic E-state index is -0.903. The van der Waals surface area contributed by atoms with E-state index in [2.05, 4.69) is 9.97 Å².